The van der Waals surface area contributed by atoms with Gasteiger partial charge in [-0.3, -0.25) is 0 Å². The quantitative estimate of drug-likeness (QED) is 0.329. The maximum absolute atomic E-state index is 3.65. The minimum Gasteiger partial charge on any atom is -0.0991 e. The zero-order chi connectivity index (χ0) is 10.5. The van der Waals surface area contributed by atoms with Gasteiger partial charge >= 0.3 is 0 Å². The molecule has 0 aliphatic heterocycles. The predicted molar refractivity (Wildman–Crippen MR) is 66.6 cm³/mol. The summed E-state index contributed by atoms with van der Waals surface area (Å²) in [5, 5.41) is 0. The van der Waals surface area contributed by atoms with Crippen molar-refractivity contribution in [2.45, 2.75) is 64.7 Å². The fraction of sp³-hybridized carbons (Fsp3) is 0.714. The third-order valence-corrected chi connectivity index (χ3v) is 2.50. The standard InChI is InChI=1S/C14H26/c1-3-5-7-9-11-13-14-12-10-8-6-4-2/h3,5,7H,1,4,6,8-14H2,2H3/b7-5+. The van der Waals surface area contributed by atoms with Crippen LogP contribution < -0.4 is 0 Å². The largest absolute Gasteiger partial charge is 0.0991 e. The van der Waals surface area contributed by atoms with Gasteiger partial charge in [-0.25, -0.2) is 0 Å². The van der Waals surface area contributed by atoms with Gasteiger partial charge in [-0.2, -0.15) is 0 Å². The summed E-state index contributed by atoms with van der Waals surface area (Å²) in [5.74, 6) is 0. The fourth-order valence-corrected chi connectivity index (χ4v) is 1.59. The van der Waals surface area contributed by atoms with Crippen molar-refractivity contribution in [1.82, 2.24) is 0 Å². The molecule has 0 aromatic heterocycles. The predicted octanol–water partition coefficient (Wildman–Crippen LogP) is 5.26. The zero-order valence-corrected chi connectivity index (χ0v) is 9.80. The number of hydrogen-bond acceptors (Lipinski definition) is 0. The molecule has 0 aromatic rings. The lowest BCUT2D eigenvalue weighted by Gasteiger charge is -1.99. The highest BCUT2D eigenvalue weighted by molar-refractivity contribution is 4.96. The van der Waals surface area contributed by atoms with Gasteiger partial charge in [0.25, 0.3) is 0 Å². The minimum absolute atomic E-state index is 1.22. The molecule has 0 unspecified atom stereocenters. The molecular formula is C14H26. The summed E-state index contributed by atoms with van der Waals surface area (Å²) in [5.41, 5.74) is 0. The van der Waals surface area contributed by atoms with Gasteiger partial charge in [0.15, 0.2) is 0 Å². The molecule has 0 fully saturated rings. The third kappa shape index (κ3) is 11.5. The van der Waals surface area contributed by atoms with E-state index in [9.17, 15) is 0 Å². The molecule has 0 heteroatoms. The highest BCUT2D eigenvalue weighted by Crippen LogP contribution is 2.09. The lowest BCUT2D eigenvalue weighted by molar-refractivity contribution is 0.577. The van der Waals surface area contributed by atoms with Crippen LogP contribution in [0.4, 0.5) is 0 Å². The fourth-order valence-electron chi connectivity index (χ4n) is 1.59. The molecule has 0 atom stereocenters. The molecule has 0 aliphatic rings. The van der Waals surface area contributed by atoms with Crippen LogP contribution in [0.1, 0.15) is 64.7 Å². The normalized spacial score (nSPS) is 10.9. The molecule has 0 N–H and O–H groups in total. The Bertz CT molecular complexity index is 133. The molecule has 0 bridgehead atoms. The topological polar surface area (TPSA) is 0 Å². The Hall–Kier alpha value is -0.520. The monoisotopic (exact) mass is 194 g/mol. The highest BCUT2D eigenvalue weighted by Gasteiger charge is 1.89. The summed E-state index contributed by atoms with van der Waals surface area (Å²) in [6.07, 6.45) is 18.6. The van der Waals surface area contributed by atoms with Gasteiger partial charge in [0.2, 0.25) is 0 Å². The van der Waals surface area contributed by atoms with E-state index in [2.05, 4.69) is 19.6 Å². The third-order valence-electron chi connectivity index (χ3n) is 2.50. The Morgan fingerprint density at radius 3 is 2.00 bits per heavy atom. The van der Waals surface area contributed by atoms with Crippen LogP contribution in [-0.4, -0.2) is 0 Å². The van der Waals surface area contributed by atoms with Crippen molar-refractivity contribution < 1.29 is 0 Å². The SMILES string of the molecule is C=C/C=C/CCCCCCCCCC. The Morgan fingerprint density at radius 2 is 1.43 bits per heavy atom. The number of allylic oxidation sites excluding steroid dienone is 3. The summed E-state index contributed by atoms with van der Waals surface area (Å²) in [6, 6.07) is 0. The Balaban J connectivity index is 2.91. The van der Waals surface area contributed by atoms with Crippen LogP contribution in [0.3, 0.4) is 0 Å². The van der Waals surface area contributed by atoms with Crippen molar-refractivity contribution in [3.05, 3.63) is 24.8 Å². The summed E-state index contributed by atoms with van der Waals surface area (Å²) >= 11 is 0. The number of rotatable bonds is 10. The van der Waals surface area contributed by atoms with Gasteiger partial charge in [-0.05, 0) is 12.8 Å². The second-order valence-electron chi connectivity index (χ2n) is 3.93. The molecule has 0 heterocycles. The summed E-state index contributed by atoms with van der Waals surface area (Å²) in [7, 11) is 0. The lowest BCUT2D eigenvalue weighted by atomic mass is 10.1. The van der Waals surface area contributed by atoms with Crippen molar-refractivity contribution in [2.75, 3.05) is 0 Å². The van der Waals surface area contributed by atoms with Crippen LogP contribution in [0, 0.1) is 0 Å². The first-order chi connectivity index (χ1) is 6.91. The lowest BCUT2D eigenvalue weighted by Crippen LogP contribution is -1.79. The van der Waals surface area contributed by atoms with E-state index in [0.29, 0.717) is 0 Å². The van der Waals surface area contributed by atoms with Crippen LogP contribution in [0.15, 0.2) is 24.8 Å². The first-order valence-corrected chi connectivity index (χ1v) is 6.19. The summed E-state index contributed by atoms with van der Waals surface area (Å²) in [6.45, 7) is 5.92. The molecule has 0 nitrogen and oxygen atoms in total. The second kappa shape index (κ2) is 12.5. The van der Waals surface area contributed by atoms with Gasteiger partial charge in [0, 0.05) is 0 Å². The smallest absolute Gasteiger partial charge is 0.0348 e. The molecule has 0 saturated carbocycles. The summed E-state index contributed by atoms with van der Waals surface area (Å²) < 4.78 is 0. The van der Waals surface area contributed by atoms with Crippen molar-refractivity contribution in [3.8, 4) is 0 Å². The molecule has 0 amide bonds. The first-order valence-electron chi connectivity index (χ1n) is 6.19. The average Bonchev–Trinajstić information content (AvgIpc) is 2.21. The van der Waals surface area contributed by atoms with Gasteiger partial charge in [-0.15, -0.1) is 0 Å². The van der Waals surface area contributed by atoms with E-state index in [4.69, 9.17) is 0 Å². The van der Waals surface area contributed by atoms with Crippen LogP contribution in [-0.2, 0) is 0 Å². The number of unbranched alkanes of at least 4 members (excludes halogenated alkanes) is 8. The van der Waals surface area contributed by atoms with E-state index in [1.165, 1.54) is 57.8 Å². The second-order valence-corrected chi connectivity index (χ2v) is 3.93. The molecule has 0 spiro atoms. The van der Waals surface area contributed by atoms with Crippen molar-refractivity contribution >= 4 is 0 Å². The van der Waals surface area contributed by atoms with Crippen LogP contribution in [0.2, 0.25) is 0 Å². The van der Waals surface area contributed by atoms with Gasteiger partial charge in [0.1, 0.15) is 0 Å². The molecule has 82 valence electrons. The van der Waals surface area contributed by atoms with Crippen molar-refractivity contribution in [2.24, 2.45) is 0 Å². The maximum atomic E-state index is 3.65. The van der Waals surface area contributed by atoms with Crippen LogP contribution in [0.5, 0.6) is 0 Å². The van der Waals surface area contributed by atoms with Gasteiger partial charge < -0.3 is 0 Å². The van der Waals surface area contributed by atoms with Crippen LogP contribution >= 0.6 is 0 Å². The van der Waals surface area contributed by atoms with E-state index >= 15 is 0 Å². The van der Waals surface area contributed by atoms with Gasteiger partial charge in [0.05, 0.1) is 0 Å². The van der Waals surface area contributed by atoms with E-state index in [1.807, 2.05) is 12.2 Å². The Kier molecular flexibility index (Phi) is 12.0. The maximum Gasteiger partial charge on any atom is -0.0348 e. The Labute approximate surface area is 90.1 Å². The molecule has 14 heavy (non-hydrogen) atoms. The van der Waals surface area contributed by atoms with Crippen molar-refractivity contribution in [1.29, 1.82) is 0 Å². The Morgan fingerprint density at radius 1 is 0.857 bits per heavy atom. The molecule has 0 aliphatic carbocycles. The molecule has 0 rings (SSSR count). The van der Waals surface area contributed by atoms with Crippen molar-refractivity contribution in [3.63, 3.8) is 0 Å². The van der Waals surface area contributed by atoms with E-state index < -0.39 is 0 Å². The molecule has 0 saturated heterocycles. The van der Waals surface area contributed by atoms with Crippen LogP contribution in [0.25, 0.3) is 0 Å². The summed E-state index contributed by atoms with van der Waals surface area (Å²) in [4.78, 5) is 0. The average molecular weight is 194 g/mol. The molecule has 0 radical (unpaired) electrons. The van der Waals surface area contributed by atoms with E-state index in [0.717, 1.165) is 0 Å². The molecular weight excluding hydrogens is 168 g/mol. The van der Waals surface area contributed by atoms with E-state index in [-0.39, 0.29) is 0 Å². The first kappa shape index (κ1) is 13.5. The minimum atomic E-state index is 1.22. The highest BCUT2D eigenvalue weighted by atomic mass is 14.0. The van der Waals surface area contributed by atoms with Gasteiger partial charge in [-0.1, -0.05) is 76.7 Å². The molecule has 0 aromatic carbocycles. The number of hydrogen-bond donors (Lipinski definition) is 0. The van der Waals surface area contributed by atoms with E-state index in [1.54, 1.807) is 0 Å². The zero-order valence-electron chi connectivity index (χ0n) is 9.80.